The van der Waals surface area contributed by atoms with Crippen LogP contribution in [-0.2, 0) is 11.2 Å². The van der Waals surface area contributed by atoms with Crippen molar-refractivity contribution in [1.29, 1.82) is 0 Å². The van der Waals surface area contributed by atoms with Gasteiger partial charge in [-0.15, -0.1) is 11.3 Å². The number of hydrogen-bond donors (Lipinski definition) is 1. The molecule has 1 atom stereocenters. The van der Waals surface area contributed by atoms with Gasteiger partial charge < -0.3 is 10.1 Å². The van der Waals surface area contributed by atoms with Gasteiger partial charge in [-0.05, 0) is 31.7 Å². The Bertz CT molecular complexity index is 394. The predicted molar refractivity (Wildman–Crippen MR) is 69.7 cm³/mol. The average molecular weight is 253 g/mol. The zero-order valence-corrected chi connectivity index (χ0v) is 11.2. The minimum atomic E-state index is 0.0432. The van der Waals surface area contributed by atoms with E-state index in [1.54, 1.807) is 11.3 Å². The van der Waals surface area contributed by atoms with Crippen LogP contribution in [0.1, 0.15) is 40.6 Å². The highest BCUT2D eigenvalue weighted by atomic mass is 32.1. The highest BCUT2D eigenvalue weighted by Gasteiger charge is 2.18. The summed E-state index contributed by atoms with van der Waals surface area (Å²) in [5.74, 6) is 0.0432. The number of hydrogen-bond acceptors (Lipinski definition) is 3. The summed E-state index contributed by atoms with van der Waals surface area (Å²) < 4.78 is 5.49. The monoisotopic (exact) mass is 253 g/mol. The molecule has 0 radical (unpaired) electrons. The standard InChI is InChI=1S/C13H19NO2S/c1-3-11-9(2)17-8-12(11)13(15)14-7-10-5-4-6-16-10/h8,10H,3-7H2,1-2H3,(H,14,15). The lowest BCUT2D eigenvalue weighted by Crippen LogP contribution is -2.32. The molecule has 0 bridgehead atoms. The Balaban J connectivity index is 1.94. The Morgan fingerprint density at radius 2 is 2.47 bits per heavy atom. The fourth-order valence-corrected chi connectivity index (χ4v) is 3.16. The topological polar surface area (TPSA) is 38.3 Å². The minimum Gasteiger partial charge on any atom is -0.376 e. The van der Waals surface area contributed by atoms with E-state index in [0.717, 1.165) is 31.4 Å². The summed E-state index contributed by atoms with van der Waals surface area (Å²) in [6, 6.07) is 0. The van der Waals surface area contributed by atoms with E-state index in [1.807, 2.05) is 5.38 Å². The van der Waals surface area contributed by atoms with Crippen LogP contribution in [0.5, 0.6) is 0 Å². The number of nitrogens with one attached hydrogen (secondary N) is 1. The normalized spacial score (nSPS) is 19.5. The molecule has 1 aliphatic heterocycles. The van der Waals surface area contributed by atoms with Crippen LogP contribution in [0.3, 0.4) is 0 Å². The summed E-state index contributed by atoms with van der Waals surface area (Å²) in [5.41, 5.74) is 2.02. The lowest BCUT2D eigenvalue weighted by molar-refractivity contribution is 0.0857. The molecule has 1 aromatic rings. The fourth-order valence-electron chi connectivity index (χ4n) is 2.22. The van der Waals surface area contributed by atoms with Crippen molar-refractivity contribution in [2.24, 2.45) is 0 Å². The maximum Gasteiger partial charge on any atom is 0.252 e. The SMILES string of the molecule is CCc1c(C(=O)NCC2CCCO2)csc1C. The van der Waals surface area contributed by atoms with Gasteiger partial charge in [-0.3, -0.25) is 4.79 Å². The number of carbonyl (C=O) groups is 1. The number of ether oxygens (including phenoxy) is 1. The third kappa shape index (κ3) is 2.87. The van der Waals surface area contributed by atoms with Gasteiger partial charge >= 0.3 is 0 Å². The summed E-state index contributed by atoms with van der Waals surface area (Å²) in [7, 11) is 0. The smallest absolute Gasteiger partial charge is 0.252 e. The Kier molecular flexibility index (Phi) is 4.18. The largest absolute Gasteiger partial charge is 0.376 e. The molecule has 2 rings (SSSR count). The highest BCUT2D eigenvalue weighted by molar-refractivity contribution is 7.10. The molecule has 4 heteroatoms. The van der Waals surface area contributed by atoms with E-state index in [4.69, 9.17) is 4.74 Å². The molecule has 17 heavy (non-hydrogen) atoms. The second-order valence-corrected chi connectivity index (χ2v) is 5.47. The van der Waals surface area contributed by atoms with Gasteiger partial charge in [0.05, 0.1) is 11.7 Å². The van der Waals surface area contributed by atoms with E-state index < -0.39 is 0 Å². The van der Waals surface area contributed by atoms with Crippen molar-refractivity contribution >= 4 is 17.2 Å². The van der Waals surface area contributed by atoms with Crippen LogP contribution in [0.25, 0.3) is 0 Å². The summed E-state index contributed by atoms with van der Waals surface area (Å²) >= 11 is 1.65. The molecule has 1 unspecified atom stereocenters. The van der Waals surface area contributed by atoms with Gasteiger partial charge in [-0.1, -0.05) is 6.92 Å². The third-order valence-electron chi connectivity index (χ3n) is 3.22. The second-order valence-electron chi connectivity index (χ2n) is 4.38. The van der Waals surface area contributed by atoms with Crippen molar-refractivity contribution in [3.8, 4) is 0 Å². The number of rotatable bonds is 4. The maximum atomic E-state index is 12.0. The third-order valence-corrected chi connectivity index (χ3v) is 4.17. The van der Waals surface area contributed by atoms with Gasteiger partial charge in [-0.25, -0.2) is 0 Å². The fraction of sp³-hybridized carbons (Fsp3) is 0.615. The summed E-state index contributed by atoms with van der Waals surface area (Å²) in [6.07, 6.45) is 3.30. The number of aryl methyl sites for hydroxylation is 1. The van der Waals surface area contributed by atoms with E-state index in [-0.39, 0.29) is 12.0 Å². The van der Waals surface area contributed by atoms with E-state index in [2.05, 4.69) is 19.2 Å². The van der Waals surface area contributed by atoms with Crippen LogP contribution < -0.4 is 5.32 Å². The van der Waals surface area contributed by atoms with Crippen molar-refractivity contribution in [2.45, 2.75) is 39.2 Å². The molecular weight excluding hydrogens is 234 g/mol. The van der Waals surface area contributed by atoms with Gasteiger partial charge in [0.15, 0.2) is 0 Å². The van der Waals surface area contributed by atoms with Crippen molar-refractivity contribution in [3.63, 3.8) is 0 Å². The molecule has 0 saturated carbocycles. The summed E-state index contributed by atoms with van der Waals surface area (Å²) in [4.78, 5) is 13.3. The highest BCUT2D eigenvalue weighted by Crippen LogP contribution is 2.22. The molecule has 3 nitrogen and oxygen atoms in total. The lowest BCUT2D eigenvalue weighted by Gasteiger charge is -2.11. The van der Waals surface area contributed by atoms with Crippen LogP contribution in [0.2, 0.25) is 0 Å². The Hall–Kier alpha value is -0.870. The van der Waals surface area contributed by atoms with E-state index in [1.165, 1.54) is 10.4 Å². The van der Waals surface area contributed by atoms with E-state index >= 15 is 0 Å². The Labute approximate surface area is 106 Å². The molecule has 2 heterocycles. The minimum absolute atomic E-state index is 0.0432. The Morgan fingerprint density at radius 1 is 1.65 bits per heavy atom. The number of carbonyl (C=O) groups excluding carboxylic acids is 1. The molecule has 1 aliphatic rings. The van der Waals surface area contributed by atoms with Gasteiger partial charge in [0, 0.05) is 23.4 Å². The molecule has 94 valence electrons. The van der Waals surface area contributed by atoms with E-state index in [9.17, 15) is 4.79 Å². The molecule has 0 aromatic carbocycles. The first-order valence-corrected chi connectivity index (χ1v) is 7.07. The van der Waals surface area contributed by atoms with Gasteiger partial charge in [-0.2, -0.15) is 0 Å². The van der Waals surface area contributed by atoms with Crippen molar-refractivity contribution in [1.82, 2.24) is 5.32 Å². The zero-order valence-electron chi connectivity index (χ0n) is 10.4. The first-order valence-electron chi connectivity index (χ1n) is 6.19. The first kappa shape index (κ1) is 12.6. The first-order chi connectivity index (χ1) is 8.22. The molecule has 1 amide bonds. The van der Waals surface area contributed by atoms with Gasteiger partial charge in [0.2, 0.25) is 0 Å². The van der Waals surface area contributed by atoms with Crippen molar-refractivity contribution < 1.29 is 9.53 Å². The van der Waals surface area contributed by atoms with Crippen molar-refractivity contribution in [3.05, 3.63) is 21.4 Å². The zero-order chi connectivity index (χ0) is 12.3. The van der Waals surface area contributed by atoms with Crippen LogP contribution in [0.4, 0.5) is 0 Å². The average Bonchev–Trinajstić information content (AvgIpc) is 2.94. The quantitative estimate of drug-likeness (QED) is 0.895. The van der Waals surface area contributed by atoms with Gasteiger partial charge in [0.25, 0.3) is 5.91 Å². The molecule has 1 fully saturated rings. The van der Waals surface area contributed by atoms with Crippen LogP contribution in [0.15, 0.2) is 5.38 Å². The predicted octanol–water partition coefficient (Wildman–Crippen LogP) is 2.53. The van der Waals surface area contributed by atoms with Crippen LogP contribution in [0, 0.1) is 6.92 Å². The number of thiophene rings is 1. The molecule has 0 spiro atoms. The molecule has 1 saturated heterocycles. The summed E-state index contributed by atoms with van der Waals surface area (Å²) in [5, 5.41) is 4.93. The summed E-state index contributed by atoms with van der Waals surface area (Å²) in [6.45, 7) is 5.63. The molecule has 1 aromatic heterocycles. The molecule has 0 aliphatic carbocycles. The Morgan fingerprint density at radius 3 is 3.12 bits per heavy atom. The molecular formula is C13H19NO2S. The van der Waals surface area contributed by atoms with Crippen LogP contribution in [-0.4, -0.2) is 25.2 Å². The maximum absolute atomic E-state index is 12.0. The second kappa shape index (κ2) is 5.65. The van der Waals surface area contributed by atoms with E-state index in [0.29, 0.717) is 6.54 Å². The van der Waals surface area contributed by atoms with Gasteiger partial charge in [0.1, 0.15) is 0 Å². The lowest BCUT2D eigenvalue weighted by atomic mass is 10.1. The van der Waals surface area contributed by atoms with Crippen LogP contribution >= 0.6 is 11.3 Å². The van der Waals surface area contributed by atoms with Crippen molar-refractivity contribution in [2.75, 3.05) is 13.2 Å². The number of amides is 1. The molecule has 1 N–H and O–H groups in total.